The molecule has 0 spiro atoms. The average molecular weight is 377 g/mol. The van der Waals surface area contributed by atoms with Crippen molar-refractivity contribution in [3.05, 3.63) is 123 Å². The van der Waals surface area contributed by atoms with E-state index < -0.39 is 0 Å². The molecule has 0 heterocycles. The molecule has 0 heteroatoms. The lowest BCUT2D eigenvalue weighted by atomic mass is 9.62. The molecular formula is C29H28. The van der Waals surface area contributed by atoms with Crippen LogP contribution in [0.5, 0.6) is 0 Å². The Morgan fingerprint density at radius 3 is 1.97 bits per heavy atom. The number of aryl methyl sites for hydroxylation is 4. The van der Waals surface area contributed by atoms with Crippen molar-refractivity contribution in [2.45, 2.75) is 39.5 Å². The fraction of sp³-hybridized carbons (Fsp3) is 0.241. The van der Waals surface area contributed by atoms with Crippen molar-refractivity contribution in [3.63, 3.8) is 0 Å². The normalized spacial score (nSPS) is 18.9. The Labute approximate surface area is 174 Å². The fourth-order valence-electron chi connectivity index (χ4n) is 5.44. The standard InChI is InChI=1S/C29H28/c1-19-13-15-23(17-21(19)3)29(24-16-14-20(2)22(4)18-24)27-11-7-5-9-25(27)26-10-6-8-12-28(26)29/h5-11,13-18,28H,12H2,1-4H3. The van der Waals surface area contributed by atoms with Gasteiger partial charge in [-0.3, -0.25) is 0 Å². The van der Waals surface area contributed by atoms with Gasteiger partial charge in [0.2, 0.25) is 0 Å². The summed E-state index contributed by atoms with van der Waals surface area (Å²) in [6.45, 7) is 8.90. The molecule has 2 aliphatic rings. The number of benzene rings is 3. The van der Waals surface area contributed by atoms with Gasteiger partial charge in [-0.2, -0.15) is 0 Å². The van der Waals surface area contributed by atoms with Gasteiger partial charge < -0.3 is 0 Å². The summed E-state index contributed by atoms with van der Waals surface area (Å²) >= 11 is 0. The molecule has 0 aromatic heterocycles. The van der Waals surface area contributed by atoms with Gasteiger partial charge in [0.1, 0.15) is 0 Å². The summed E-state index contributed by atoms with van der Waals surface area (Å²) in [7, 11) is 0. The molecule has 0 aliphatic heterocycles. The molecular weight excluding hydrogens is 348 g/mol. The highest BCUT2D eigenvalue weighted by atomic mass is 14.5. The van der Waals surface area contributed by atoms with E-state index >= 15 is 0 Å². The lowest BCUT2D eigenvalue weighted by Crippen LogP contribution is -2.35. The van der Waals surface area contributed by atoms with Crippen LogP contribution in [0.2, 0.25) is 0 Å². The van der Waals surface area contributed by atoms with E-state index in [1.54, 1.807) is 0 Å². The van der Waals surface area contributed by atoms with Crippen LogP contribution in [0.15, 0.2) is 78.9 Å². The third kappa shape index (κ3) is 2.52. The van der Waals surface area contributed by atoms with Crippen molar-refractivity contribution in [1.82, 2.24) is 0 Å². The zero-order chi connectivity index (χ0) is 20.2. The van der Waals surface area contributed by atoms with Crippen molar-refractivity contribution in [1.29, 1.82) is 0 Å². The monoisotopic (exact) mass is 376 g/mol. The topological polar surface area (TPSA) is 0 Å². The molecule has 0 N–H and O–H groups in total. The average Bonchev–Trinajstić information content (AvgIpc) is 3.04. The summed E-state index contributed by atoms with van der Waals surface area (Å²) in [4.78, 5) is 0. The van der Waals surface area contributed by atoms with E-state index in [0.717, 1.165) is 6.42 Å². The number of hydrogen-bond donors (Lipinski definition) is 0. The molecule has 2 aliphatic carbocycles. The van der Waals surface area contributed by atoms with Crippen molar-refractivity contribution < 1.29 is 0 Å². The van der Waals surface area contributed by atoms with Gasteiger partial charge in [0, 0.05) is 5.92 Å². The summed E-state index contributed by atoms with van der Waals surface area (Å²) in [6.07, 6.45) is 7.99. The second-order valence-electron chi connectivity index (χ2n) is 8.79. The van der Waals surface area contributed by atoms with Crippen LogP contribution in [0.4, 0.5) is 0 Å². The van der Waals surface area contributed by atoms with E-state index in [1.807, 2.05) is 0 Å². The van der Waals surface area contributed by atoms with Crippen LogP contribution in [-0.4, -0.2) is 0 Å². The van der Waals surface area contributed by atoms with E-state index in [9.17, 15) is 0 Å². The zero-order valence-electron chi connectivity index (χ0n) is 17.8. The first-order chi connectivity index (χ1) is 14.0. The molecule has 1 unspecified atom stereocenters. The predicted molar refractivity (Wildman–Crippen MR) is 123 cm³/mol. The number of allylic oxidation sites excluding steroid dienone is 4. The molecule has 29 heavy (non-hydrogen) atoms. The molecule has 5 rings (SSSR count). The molecule has 0 saturated heterocycles. The first-order valence-corrected chi connectivity index (χ1v) is 10.7. The summed E-state index contributed by atoms with van der Waals surface area (Å²) in [6, 6.07) is 23.3. The largest absolute Gasteiger partial charge is 0.0839 e. The molecule has 0 radical (unpaired) electrons. The van der Waals surface area contributed by atoms with Crippen molar-refractivity contribution >= 4 is 5.57 Å². The van der Waals surface area contributed by atoms with E-state index in [1.165, 1.54) is 50.1 Å². The summed E-state index contributed by atoms with van der Waals surface area (Å²) in [5.74, 6) is 0.425. The Morgan fingerprint density at radius 1 is 0.724 bits per heavy atom. The minimum absolute atomic E-state index is 0.149. The fourth-order valence-corrected chi connectivity index (χ4v) is 5.44. The lowest BCUT2D eigenvalue weighted by Gasteiger charge is -2.39. The van der Waals surface area contributed by atoms with Crippen molar-refractivity contribution in [2.24, 2.45) is 5.92 Å². The SMILES string of the molecule is Cc1ccc(C2(c3ccc(C)c(C)c3)c3ccccc3C3=CC=CCC32)cc1C. The summed E-state index contributed by atoms with van der Waals surface area (Å²) in [5, 5.41) is 0. The maximum absolute atomic E-state index is 2.43. The Hall–Kier alpha value is -2.86. The van der Waals surface area contributed by atoms with Crippen LogP contribution in [-0.2, 0) is 5.41 Å². The smallest absolute Gasteiger partial charge is 0.0529 e. The van der Waals surface area contributed by atoms with Crippen LogP contribution in [0.25, 0.3) is 5.57 Å². The van der Waals surface area contributed by atoms with Gasteiger partial charge in [0.05, 0.1) is 5.41 Å². The zero-order valence-corrected chi connectivity index (χ0v) is 17.8. The maximum atomic E-state index is 2.43. The first kappa shape index (κ1) is 18.2. The Balaban J connectivity index is 1.91. The van der Waals surface area contributed by atoms with Gasteiger partial charge in [0.15, 0.2) is 0 Å². The number of rotatable bonds is 2. The molecule has 0 saturated carbocycles. The molecule has 0 bridgehead atoms. The van der Waals surface area contributed by atoms with E-state index in [0.29, 0.717) is 5.92 Å². The van der Waals surface area contributed by atoms with Crippen molar-refractivity contribution in [2.75, 3.05) is 0 Å². The number of fused-ring (bicyclic) bond motifs is 3. The Kier molecular flexibility index (Phi) is 4.13. The van der Waals surface area contributed by atoms with Gasteiger partial charge in [0.25, 0.3) is 0 Å². The minimum atomic E-state index is -0.149. The minimum Gasteiger partial charge on any atom is -0.0839 e. The Bertz CT molecular complexity index is 1120. The van der Waals surface area contributed by atoms with Crippen molar-refractivity contribution in [3.8, 4) is 0 Å². The van der Waals surface area contributed by atoms with E-state index in [-0.39, 0.29) is 5.41 Å². The highest BCUT2D eigenvalue weighted by molar-refractivity contribution is 5.84. The van der Waals surface area contributed by atoms with Crippen LogP contribution in [0, 0.1) is 33.6 Å². The third-order valence-corrected chi connectivity index (χ3v) is 7.27. The highest BCUT2D eigenvalue weighted by Gasteiger charge is 2.51. The van der Waals surface area contributed by atoms with Crippen LogP contribution < -0.4 is 0 Å². The second kappa shape index (κ2) is 6.59. The van der Waals surface area contributed by atoms with Gasteiger partial charge in [-0.25, -0.2) is 0 Å². The van der Waals surface area contributed by atoms with Gasteiger partial charge >= 0.3 is 0 Å². The lowest BCUT2D eigenvalue weighted by molar-refractivity contribution is 0.483. The van der Waals surface area contributed by atoms with Gasteiger partial charge in [-0.05, 0) is 84.2 Å². The van der Waals surface area contributed by atoms with E-state index in [2.05, 4.69) is 107 Å². The molecule has 0 amide bonds. The third-order valence-electron chi connectivity index (χ3n) is 7.27. The molecule has 3 aromatic rings. The van der Waals surface area contributed by atoms with Gasteiger partial charge in [-0.1, -0.05) is 78.9 Å². The number of hydrogen-bond acceptors (Lipinski definition) is 0. The molecule has 0 nitrogen and oxygen atoms in total. The highest BCUT2D eigenvalue weighted by Crippen LogP contribution is 2.59. The molecule has 0 fully saturated rings. The molecule has 144 valence electrons. The maximum Gasteiger partial charge on any atom is 0.0529 e. The van der Waals surface area contributed by atoms with Crippen LogP contribution >= 0.6 is 0 Å². The van der Waals surface area contributed by atoms with Gasteiger partial charge in [-0.15, -0.1) is 0 Å². The first-order valence-electron chi connectivity index (χ1n) is 10.7. The Morgan fingerprint density at radius 2 is 1.34 bits per heavy atom. The molecule has 1 atom stereocenters. The van der Waals surface area contributed by atoms with E-state index in [4.69, 9.17) is 0 Å². The van der Waals surface area contributed by atoms with Crippen LogP contribution in [0.3, 0.4) is 0 Å². The second-order valence-corrected chi connectivity index (χ2v) is 8.79. The summed E-state index contributed by atoms with van der Waals surface area (Å²) < 4.78 is 0. The summed E-state index contributed by atoms with van der Waals surface area (Å²) in [5.41, 5.74) is 12.5. The predicted octanol–water partition coefficient (Wildman–Crippen LogP) is 7.23. The van der Waals surface area contributed by atoms with Crippen LogP contribution in [0.1, 0.15) is 50.9 Å². The quantitative estimate of drug-likeness (QED) is 0.442. The molecule has 3 aromatic carbocycles.